The van der Waals surface area contributed by atoms with Crippen molar-refractivity contribution in [3.8, 4) is 11.3 Å². The molecule has 3 heterocycles. The zero-order chi connectivity index (χ0) is 18.3. The Labute approximate surface area is 157 Å². The third-order valence-electron chi connectivity index (χ3n) is 3.94. The highest BCUT2D eigenvalue weighted by molar-refractivity contribution is 7.15. The molecular formula is C17H13ClN4O3S. The molecule has 0 aliphatic heterocycles. The summed E-state index contributed by atoms with van der Waals surface area (Å²) in [4.78, 5) is 17.7. The largest absolute Gasteiger partial charge is 0.459 e. The lowest BCUT2D eigenvalue weighted by atomic mass is 10.2. The SMILES string of the molecule is CN(Cc1ccc(-c2ccc(Cl)cc2)o1)c1nc2sccn2c1[N+](=O)[O-]. The molecule has 132 valence electrons. The van der Waals surface area contributed by atoms with Gasteiger partial charge in [-0.25, -0.2) is 0 Å². The fourth-order valence-corrected chi connectivity index (χ4v) is 3.56. The Kier molecular flexibility index (Phi) is 4.14. The summed E-state index contributed by atoms with van der Waals surface area (Å²) in [6.45, 7) is 0.360. The maximum absolute atomic E-state index is 11.5. The zero-order valence-corrected chi connectivity index (χ0v) is 15.2. The van der Waals surface area contributed by atoms with Crippen molar-refractivity contribution >= 4 is 39.5 Å². The Morgan fingerprint density at radius 2 is 2.08 bits per heavy atom. The van der Waals surface area contributed by atoms with Gasteiger partial charge in [0.2, 0.25) is 5.82 Å². The van der Waals surface area contributed by atoms with Crippen LogP contribution in [0.2, 0.25) is 5.02 Å². The van der Waals surface area contributed by atoms with Crippen LogP contribution in [-0.4, -0.2) is 21.4 Å². The number of anilines is 1. The third kappa shape index (κ3) is 2.93. The van der Waals surface area contributed by atoms with E-state index in [0.717, 1.165) is 5.56 Å². The normalized spacial score (nSPS) is 11.2. The molecule has 0 N–H and O–H groups in total. The van der Waals surface area contributed by atoms with Crippen LogP contribution >= 0.6 is 22.9 Å². The summed E-state index contributed by atoms with van der Waals surface area (Å²) >= 11 is 7.26. The van der Waals surface area contributed by atoms with E-state index in [4.69, 9.17) is 16.0 Å². The molecule has 0 atom stereocenters. The van der Waals surface area contributed by atoms with Crippen molar-refractivity contribution in [2.45, 2.75) is 6.54 Å². The third-order valence-corrected chi connectivity index (χ3v) is 4.95. The molecular weight excluding hydrogens is 376 g/mol. The number of furan rings is 1. The number of aromatic nitrogens is 2. The van der Waals surface area contributed by atoms with Crippen molar-refractivity contribution in [1.82, 2.24) is 9.38 Å². The van der Waals surface area contributed by atoms with E-state index in [1.807, 2.05) is 24.3 Å². The first-order chi connectivity index (χ1) is 12.5. The van der Waals surface area contributed by atoms with Gasteiger partial charge in [0.1, 0.15) is 17.7 Å². The lowest BCUT2D eigenvalue weighted by Crippen LogP contribution is -2.17. The average Bonchev–Trinajstić information content (AvgIpc) is 3.29. The second-order valence-electron chi connectivity index (χ2n) is 5.70. The summed E-state index contributed by atoms with van der Waals surface area (Å²) in [6, 6.07) is 11.1. The number of hydrogen-bond donors (Lipinski definition) is 0. The lowest BCUT2D eigenvalue weighted by Gasteiger charge is -2.14. The highest BCUT2D eigenvalue weighted by Gasteiger charge is 2.26. The fourth-order valence-electron chi connectivity index (χ4n) is 2.73. The maximum Gasteiger partial charge on any atom is 0.373 e. The Hall–Kier alpha value is -2.84. The molecule has 0 amide bonds. The van der Waals surface area contributed by atoms with Crippen LogP contribution in [0.3, 0.4) is 0 Å². The fraction of sp³-hybridized carbons (Fsp3) is 0.118. The molecule has 7 nitrogen and oxygen atoms in total. The van der Waals surface area contributed by atoms with Crippen molar-refractivity contribution in [3.05, 3.63) is 68.9 Å². The predicted molar refractivity (Wildman–Crippen MR) is 101 cm³/mol. The van der Waals surface area contributed by atoms with Gasteiger partial charge in [0.15, 0.2) is 0 Å². The van der Waals surface area contributed by atoms with Crippen LogP contribution in [0.25, 0.3) is 16.3 Å². The van der Waals surface area contributed by atoms with Crippen LogP contribution in [0.4, 0.5) is 11.6 Å². The second kappa shape index (κ2) is 6.47. The number of rotatable bonds is 5. The van der Waals surface area contributed by atoms with E-state index in [1.165, 1.54) is 15.7 Å². The molecule has 3 aromatic heterocycles. The van der Waals surface area contributed by atoms with Gasteiger partial charge in [0.25, 0.3) is 4.96 Å². The van der Waals surface area contributed by atoms with E-state index in [1.54, 1.807) is 35.7 Å². The molecule has 4 rings (SSSR count). The number of nitro groups is 1. The first-order valence-electron chi connectivity index (χ1n) is 7.68. The van der Waals surface area contributed by atoms with E-state index in [0.29, 0.717) is 33.9 Å². The smallest absolute Gasteiger partial charge is 0.373 e. The van der Waals surface area contributed by atoms with E-state index >= 15 is 0 Å². The lowest BCUT2D eigenvalue weighted by molar-refractivity contribution is -0.389. The standard InChI is InChI=1S/C17H13ClN4O3S/c1-20(15-16(22(23)24)21-8-9-26-17(21)19-15)10-13-6-7-14(25-13)11-2-4-12(18)5-3-11/h2-9H,10H2,1H3. The second-order valence-corrected chi connectivity index (χ2v) is 7.01. The first kappa shape index (κ1) is 16.6. The van der Waals surface area contributed by atoms with Crippen molar-refractivity contribution < 1.29 is 9.34 Å². The Morgan fingerprint density at radius 1 is 1.31 bits per heavy atom. The van der Waals surface area contributed by atoms with Crippen LogP contribution in [-0.2, 0) is 6.54 Å². The van der Waals surface area contributed by atoms with Gasteiger partial charge in [-0.05, 0) is 41.3 Å². The summed E-state index contributed by atoms with van der Waals surface area (Å²) in [5.41, 5.74) is 0.914. The van der Waals surface area contributed by atoms with Gasteiger partial charge in [0, 0.05) is 23.0 Å². The molecule has 0 fully saturated rings. The summed E-state index contributed by atoms with van der Waals surface area (Å²) < 4.78 is 7.35. The molecule has 0 aliphatic carbocycles. The number of fused-ring (bicyclic) bond motifs is 1. The van der Waals surface area contributed by atoms with E-state index in [-0.39, 0.29) is 5.82 Å². The van der Waals surface area contributed by atoms with E-state index < -0.39 is 4.92 Å². The Bertz CT molecular complexity index is 1080. The van der Waals surface area contributed by atoms with Crippen LogP contribution in [0.5, 0.6) is 0 Å². The molecule has 0 saturated heterocycles. The molecule has 0 bridgehead atoms. The van der Waals surface area contributed by atoms with Crippen molar-refractivity contribution in [3.63, 3.8) is 0 Å². The van der Waals surface area contributed by atoms with Gasteiger partial charge in [-0.3, -0.25) is 0 Å². The van der Waals surface area contributed by atoms with Gasteiger partial charge in [-0.15, -0.1) is 0 Å². The van der Waals surface area contributed by atoms with Crippen LogP contribution in [0, 0.1) is 10.1 Å². The summed E-state index contributed by atoms with van der Waals surface area (Å²) in [5, 5.41) is 13.9. The monoisotopic (exact) mass is 388 g/mol. The van der Waals surface area contributed by atoms with Gasteiger partial charge in [-0.1, -0.05) is 22.9 Å². The highest BCUT2D eigenvalue weighted by atomic mass is 35.5. The molecule has 0 radical (unpaired) electrons. The molecule has 26 heavy (non-hydrogen) atoms. The predicted octanol–water partition coefficient (Wildman–Crippen LogP) is 4.85. The van der Waals surface area contributed by atoms with Crippen LogP contribution < -0.4 is 4.90 Å². The molecule has 0 spiro atoms. The first-order valence-corrected chi connectivity index (χ1v) is 8.94. The molecule has 0 aliphatic rings. The van der Waals surface area contributed by atoms with Crippen molar-refractivity contribution in [2.75, 3.05) is 11.9 Å². The van der Waals surface area contributed by atoms with Crippen molar-refractivity contribution in [2.24, 2.45) is 0 Å². The minimum absolute atomic E-state index is 0.0479. The number of hydrogen-bond acceptors (Lipinski definition) is 6. The minimum Gasteiger partial charge on any atom is -0.459 e. The Morgan fingerprint density at radius 3 is 2.81 bits per heavy atom. The van der Waals surface area contributed by atoms with Crippen molar-refractivity contribution in [1.29, 1.82) is 0 Å². The number of benzene rings is 1. The number of halogens is 1. The number of imidazole rings is 1. The summed E-state index contributed by atoms with van der Waals surface area (Å²) in [5.74, 6) is 1.66. The average molecular weight is 389 g/mol. The molecule has 1 aromatic carbocycles. The summed E-state index contributed by atoms with van der Waals surface area (Å²) in [7, 11) is 1.75. The number of thiazole rings is 1. The topological polar surface area (TPSA) is 76.8 Å². The van der Waals surface area contributed by atoms with Gasteiger partial charge in [0.05, 0.1) is 6.54 Å². The Balaban J connectivity index is 1.60. The minimum atomic E-state index is -0.417. The van der Waals surface area contributed by atoms with E-state index in [9.17, 15) is 10.1 Å². The van der Waals surface area contributed by atoms with E-state index in [2.05, 4.69) is 4.98 Å². The number of nitrogens with zero attached hydrogens (tertiary/aromatic N) is 4. The molecule has 4 aromatic rings. The van der Waals surface area contributed by atoms with Crippen LogP contribution in [0.1, 0.15) is 5.76 Å². The molecule has 9 heteroatoms. The van der Waals surface area contributed by atoms with Gasteiger partial charge in [-0.2, -0.15) is 9.38 Å². The zero-order valence-electron chi connectivity index (χ0n) is 13.6. The van der Waals surface area contributed by atoms with Gasteiger partial charge < -0.3 is 19.4 Å². The molecule has 0 unspecified atom stereocenters. The van der Waals surface area contributed by atoms with Gasteiger partial charge >= 0.3 is 5.82 Å². The molecule has 0 saturated carbocycles. The highest BCUT2D eigenvalue weighted by Crippen LogP contribution is 2.32. The summed E-state index contributed by atoms with van der Waals surface area (Å²) in [6.07, 6.45) is 1.65. The maximum atomic E-state index is 11.5. The quantitative estimate of drug-likeness (QED) is 0.360. The van der Waals surface area contributed by atoms with Crippen LogP contribution in [0.15, 0.2) is 52.4 Å².